The number of rotatable bonds is 3. The van der Waals surface area contributed by atoms with Gasteiger partial charge >= 0.3 is 0 Å². The molecule has 0 unspecified atom stereocenters. The van der Waals surface area contributed by atoms with Gasteiger partial charge in [0.15, 0.2) is 5.82 Å². The molecular weight excluding hydrogens is 370 g/mol. The number of hydrogen-bond donors (Lipinski definition) is 0. The molecule has 0 atom stereocenters. The Labute approximate surface area is 121 Å². The zero-order valence-corrected chi connectivity index (χ0v) is 12.1. The van der Waals surface area contributed by atoms with E-state index in [2.05, 4.69) is 15.1 Å². The minimum absolute atomic E-state index is 0.207. The monoisotopic (exact) mass is 378 g/mol. The van der Waals surface area contributed by atoms with E-state index in [4.69, 9.17) is 16.1 Å². The van der Waals surface area contributed by atoms with Crippen LogP contribution in [-0.4, -0.2) is 19.7 Å². The van der Waals surface area contributed by atoms with Gasteiger partial charge in [0.25, 0.3) is 5.56 Å². The Hall–Kier alpha value is -0.960. The van der Waals surface area contributed by atoms with Crippen LogP contribution in [0.2, 0.25) is 5.15 Å². The molecule has 1 saturated carbocycles. The molecule has 18 heavy (non-hydrogen) atoms. The van der Waals surface area contributed by atoms with Crippen LogP contribution in [0.25, 0.3) is 0 Å². The molecule has 1 fully saturated rings. The third kappa shape index (κ3) is 2.28. The van der Waals surface area contributed by atoms with Gasteiger partial charge in [-0.3, -0.25) is 9.36 Å². The van der Waals surface area contributed by atoms with E-state index in [-0.39, 0.29) is 17.3 Å². The lowest BCUT2D eigenvalue weighted by molar-refractivity contribution is 0.364. The molecule has 0 bridgehead atoms. The van der Waals surface area contributed by atoms with E-state index in [1.807, 2.05) is 22.6 Å². The Balaban J connectivity index is 1.87. The van der Waals surface area contributed by atoms with E-state index < -0.39 is 0 Å². The Morgan fingerprint density at radius 2 is 2.33 bits per heavy atom. The summed E-state index contributed by atoms with van der Waals surface area (Å²) in [4.78, 5) is 20.1. The van der Waals surface area contributed by atoms with Crippen LogP contribution in [0, 0.1) is 3.57 Å². The van der Waals surface area contributed by atoms with Gasteiger partial charge in [-0.25, -0.2) is 4.98 Å². The Kier molecular flexibility index (Phi) is 3.10. The fraction of sp³-hybridized carbons (Fsp3) is 0.400. The molecule has 0 saturated heterocycles. The van der Waals surface area contributed by atoms with Crippen molar-refractivity contribution < 1.29 is 4.52 Å². The van der Waals surface area contributed by atoms with Crippen LogP contribution in [0.15, 0.2) is 15.6 Å². The molecule has 6 nitrogen and oxygen atoms in total. The summed E-state index contributed by atoms with van der Waals surface area (Å²) >= 11 is 7.63. The van der Waals surface area contributed by atoms with Gasteiger partial charge in [-0.05, 0) is 35.4 Å². The number of halogens is 2. The molecule has 1 aliphatic carbocycles. The van der Waals surface area contributed by atoms with Crippen molar-refractivity contribution in [2.45, 2.75) is 25.3 Å². The summed E-state index contributed by atoms with van der Waals surface area (Å²) in [7, 11) is 0. The average molecular weight is 379 g/mol. The zero-order valence-electron chi connectivity index (χ0n) is 9.14. The lowest BCUT2D eigenvalue weighted by Crippen LogP contribution is -2.23. The molecule has 3 rings (SSSR count). The number of hydrogen-bond acceptors (Lipinski definition) is 5. The maximum atomic E-state index is 11.9. The van der Waals surface area contributed by atoms with Crippen molar-refractivity contribution in [3.63, 3.8) is 0 Å². The number of nitrogens with zero attached hydrogens (tertiary/aromatic N) is 4. The molecule has 0 spiro atoms. The second-order valence-corrected chi connectivity index (χ2v) is 5.54. The fourth-order valence-corrected chi connectivity index (χ4v) is 2.12. The number of aromatic nitrogens is 4. The molecule has 1 aliphatic rings. The maximum absolute atomic E-state index is 11.9. The molecule has 2 heterocycles. The summed E-state index contributed by atoms with van der Waals surface area (Å²) in [5.41, 5.74) is -0.207. The first-order chi connectivity index (χ1) is 8.65. The lowest BCUT2D eigenvalue weighted by atomic mass is 10.4. The second-order valence-electron chi connectivity index (χ2n) is 4.10. The van der Waals surface area contributed by atoms with Crippen molar-refractivity contribution in [3.05, 3.63) is 37.1 Å². The first-order valence-electron chi connectivity index (χ1n) is 5.38. The SMILES string of the molecule is O=c1c(I)c(Cl)ncn1Cc1nc(C2CC2)no1. The van der Waals surface area contributed by atoms with Crippen LogP contribution in [0.3, 0.4) is 0 Å². The summed E-state index contributed by atoms with van der Waals surface area (Å²) in [5, 5.41) is 4.10. The summed E-state index contributed by atoms with van der Waals surface area (Å²) in [6.45, 7) is 0.221. The van der Waals surface area contributed by atoms with Gasteiger partial charge < -0.3 is 4.52 Å². The lowest BCUT2D eigenvalue weighted by Gasteiger charge is -2.02. The predicted octanol–water partition coefficient (Wildman–Crippen LogP) is 1.81. The highest BCUT2D eigenvalue weighted by atomic mass is 127. The predicted molar refractivity (Wildman–Crippen MR) is 71.6 cm³/mol. The summed E-state index contributed by atoms with van der Waals surface area (Å²) in [5.74, 6) is 1.58. The van der Waals surface area contributed by atoms with Gasteiger partial charge in [-0.1, -0.05) is 16.8 Å². The van der Waals surface area contributed by atoms with Crippen LogP contribution in [-0.2, 0) is 6.54 Å². The summed E-state index contributed by atoms with van der Waals surface area (Å²) in [6.07, 6.45) is 3.60. The Morgan fingerprint density at radius 1 is 1.56 bits per heavy atom. The summed E-state index contributed by atoms with van der Waals surface area (Å²) in [6, 6.07) is 0. The van der Waals surface area contributed by atoms with E-state index in [9.17, 15) is 4.79 Å². The average Bonchev–Trinajstić information content (AvgIpc) is 3.11. The van der Waals surface area contributed by atoms with Gasteiger partial charge in [-0.2, -0.15) is 4.98 Å². The molecular formula is C10H8ClIN4O2. The van der Waals surface area contributed by atoms with E-state index in [1.54, 1.807) is 0 Å². The molecule has 94 valence electrons. The minimum Gasteiger partial charge on any atom is -0.337 e. The van der Waals surface area contributed by atoms with Gasteiger partial charge in [0.2, 0.25) is 5.89 Å². The van der Waals surface area contributed by atoms with Gasteiger partial charge in [0, 0.05) is 5.92 Å². The van der Waals surface area contributed by atoms with E-state index in [0.29, 0.717) is 15.4 Å². The van der Waals surface area contributed by atoms with Crippen LogP contribution in [0.5, 0.6) is 0 Å². The van der Waals surface area contributed by atoms with Crippen molar-refractivity contribution in [2.24, 2.45) is 0 Å². The topological polar surface area (TPSA) is 73.8 Å². The van der Waals surface area contributed by atoms with E-state index in [0.717, 1.165) is 18.7 Å². The van der Waals surface area contributed by atoms with Crippen molar-refractivity contribution in [2.75, 3.05) is 0 Å². The molecule has 0 amide bonds. The highest BCUT2D eigenvalue weighted by molar-refractivity contribution is 14.1. The molecule has 0 radical (unpaired) electrons. The third-order valence-electron chi connectivity index (χ3n) is 2.67. The largest absolute Gasteiger partial charge is 0.337 e. The standard InChI is InChI=1S/C10H8ClIN4O2/c11-8-7(12)10(17)16(4-13-8)3-6-14-9(15-18-6)5-1-2-5/h4-5H,1-3H2. The molecule has 0 aliphatic heterocycles. The minimum atomic E-state index is -0.207. The van der Waals surface area contributed by atoms with Crippen LogP contribution >= 0.6 is 34.2 Å². The smallest absolute Gasteiger partial charge is 0.268 e. The van der Waals surface area contributed by atoms with Crippen molar-refractivity contribution in [1.82, 2.24) is 19.7 Å². The molecule has 0 N–H and O–H groups in total. The van der Waals surface area contributed by atoms with Crippen molar-refractivity contribution in [1.29, 1.82) is 0 Å². The van der Waals surface area contributed by atoms with Gasteiger partial charge in [-0.15, -0.1) is 0 Å². The third-order valence-corrected chi connectivity index (χ3v) is 4.25. The molecule has 0 aromatic carbocycles. The van der Waals surface area contributed by atoms with Crippen LogP contribution < -0.4 is 5.56 Å². The van der Waals surface area contributed by atoms with Crippen LogP contribution in [0.1, 0.15) is 30.5 Å². The highest BCUT2D eigenvalue weighted by Crippen LogP contribution is 2.38. The van der Waals surface area contributed by atoms with E-state index >= 15 is 0 Å². The fourth-order valence-electron chi connectivity index (χ4n) is 1.54. The van der Waals surface area contributed by atoms with Crippen molar-refractivity contribution >= 4 is 34.2 Å². The quantitative estimate of drug-likeness (QED) is 0.601. The van der Waals surface area contributed by atoms with E-state index in [1.165, 1.54) is 10.9 Å². The second kappa shape index (κ2) is 4.61. The first-order valence-corrected chi connectivity index (χ1v) is 6.83. The summed E-state index contributed by atoms with van der Waals surface area (Å²) < 4.78 is 6.90. The van der Waals surface area contributed by atoms with Crippen LogP contribution in [0.4, 0.5) is 0 Å². The normalized spacial score (nSPS) is 15.0. The van der Waals surface area contributed by atoms with Gasteiger partial charge in [0.1, 0.15) is 15.3 Å². The molecule has 2 aromatic rings. The van der Waals surface area contributed by atoms with Gasteiger partial charge in [0.05, 0.1) is 6.33 Å². The Bertz CT molecular complexity index is 650. The zero-order chi connectivity index (χ0) is 12.7. The Morgan fingerprint density at radius 3 is 3.06 bits per heavy atom. The molecule has 8 heteroatoms. The maximum Gasteiger partial charge on any atom is 0.268 e. The molecule has 2 aromatic heterocycles. The first kappa shape index (κ1) is 12.1. The highest BCUT2D eigenvalue weighted by Gasteiger charge is 2.28. The van der Waals surface area contributed by atoms with Crippen molar-refractivity contribution in [3.8, 4) is 0 Å².